The maximum absolute atomic E-state index is 3.92. The van der Waals surface area contributed by atoms with Crippen LogP contribution in [0.5, 0.6) is 0 Å². The van der Waals surface area contributed by atoms with Crippen molar-refractivity contribution in [2.75, 3.05) is 0 Å². The van der Waals surface area contributed by atoms with Gasteiger partial charge in [-0.15, -0.1) is 11.3 Å². The van der Waals surface area contributed by atoms with Crippen molar-refractivity contribution in [2.24, 2.45) is 17.3 Å². The third-order valence-electron chi connectivity index (χ3n) is 4.91. The molecule has 0 aromatic carbocycles. The van der Waals surface area contributed by atoms with Crippen LogP contribution in [0.4, 0.5) is 0 Å². The first kappa shape index (κ1) is 13.4. The van der Waals surface area contributed by atoms with Crippen LogP contribution in [0, 0.1) is 31.1 Å². The summed E-state index contributed by atoms with van der Waals surface area (Å²) in [4.78, 5) is 2.85. The smallest absolute Gasteiger partial charge is 0.0389 e. The van der Waals surface area contributed by atoms with Gasteiger partial charge in [0.05, 0.1) is 0 Å². The predicted octanol–water partition coefficient (Wildman–Crippen LogP) is 6.30. The summed E-state index contributed by atoms with van der Waals surface area (Å²) in [5.41, 5.74) is 3.49. The van der Waals surface area contributed by atoms with Gasteiger partial charge in [0.25, 0.3) is 0 Å². The molecule has 1 fully saturated rings. The van der Waals surface area contributed by atoms with Crippen molar-refractivity contribution >= 4 is 48.8 Å². The zero-order chi connectivity index (χ0) is 13.2. The number of rotatable bonds is 1. The normalized spacial score (nSPS) is 29.4. The predicted molar refractivity (Wildman–Crippen MR) is 87.3 cm³/mol. The molecule has 0 N–H and O–H groups in total. The van der Waals surface area contributed by atoms with Gasteiger partial charge in [0.1, 0.15) is 0 Å². The van der Waals surface area contributed by atoms with Crippen LogP contribution in [-0.2, 0) is 0 Å². The summed E-state index contributed by atoms with van der Waals surface area (Å²) < 4.78 is 2.80. The number of hydrogen-bond acceptors (Lipinski definition) is 1. The topological polar surface area (TPSA) is 0 Å². The molecule has 2 bridgehead atoms. The molecule has 0 amide bonds. The van der Waals surface area contributed by atoms with E-state index in [0.717, 1.165) is 11.8 Å². The molecule has 0 saturated heterocycles. The number of halogens is 2. The lowest BCUT2D eigenvalue weighted by Gasteiger charge is -2.26. The van der Waals surface area contributed by atoms with E-state index in [-0.39, 0.29) is 0 Å². The van der Waals surface area contributed by atoms with Gasteiger partial charge in [-0.2, -0.15) is 0 Å². The summed E-state index contributed by atoms with van der Waals surface area (Å²) in [6.07, 6.45) is 2.70. The van der Waals surface area contributed by atoms with E-state index in [9.17, 15) is 0 Å². The third kappa shape index (κ3) is 1.59. The van der Waals surface area contributed by atoms with Crippen LogP contribution < -0.4 is 0 Å². The second-order valence-corrected chi connectivity index (χ2v) is 9.25. The van der Waals surface area contributed by atoms with Gasteiger partial charge in [-0.3, -0.25) is 0 Å². The Morgan fingerprint density at radius 1 is 1.06 bits per heavy atom. The SMILES string of the molecule is Cc1sc(C)c(C2=C(Br)[C@H]3CC[C@@H]2C3(C)C)c1Br. The Bertz CT molecular complexity index is 551. The molecule has 0 aliphatic heterocycles. The molecule has 18 heavy (non-hydrogen) atoms. The van der Waals surface area contributed by atoms with E-state index in [0.29, 0.717) is 5.41 Å². The van der Waals surface area contributed by atoms with Crippen molar-refractivity contribution in [3.05, 3.63) is 24.3 Å². The summed E-state index contributed by atoms with van der Waals surface area (Å²) >= 11 is 9.63. The Balaban J connectivity index is 2.19. The highest BCUT2D eigenvalue weighted by Crippen LogP contribution is 2.65. The quantitative estimate of drug-likeness (QED) is 0.528. The third-order valence-corrected chi connectivity index (χ3v) is 8.16. The Kier molecular flexibility index (Phi) is 3.12. The van der Waals surface area contributed by atoms with E-state index >= 15 is 0 Å². The van der Waals surface area contributed by atoms with Gasteiger partial charge in [-0.1, -0.05) is 29.8 Å². The molecule has 98 valence electrons. The van der Waals surface area contributed by atoms with Gasteiger partial charge in [-0.05, 0) is 65.4 Å². The fourth-order valence-corrected chi connectivity index (χ4v) is 7.05. The maximum atomic E-state index is 3.92. The Morgan fingerprint density at radius 2 is 1.67 bits per heavy atom. The number of aryl methyl sites for hydroxylation is 2. The molecule has 3 heteroatoms. The highest BCUT2D eigenvalue weighted by molar-refractivity contribution is 9.12. The second kappa shape index (κ2) is 4.20. The molecule has 0 spiro atoms. The standard InChI is InChI=1S/C15H18Br2S/c1-7-11(13(16)8(2)18-7)12-9-5-6-10(14(12)17)15(9,3)4/h9-10H,5-6H2,1-4H3/t9-,10+/m0/s1. The van der Waals surface area contributed by atoms with Gasteiger partial charge in [0.15, 0.2) is 0 Å². The van der Waals surface area contributed by atoms with Crippen molar-refractivity contribution in [1.82, 2.24) is 0 Å². The van der Waals surface area contributed by atoms with E-state index in [4.69, 9.17) is 0 Å². The molecule has 1 heterocycles. The van der Waals surface area contributed by atoms with Gasteiger partial charge in [0.2, 0.25) is 0 Å². The number of allylic oxidation sites excluding steroid dienone is 2. The van der Waals surface area contributed by atoms with E-state index in [1.165, 1.54) is 37.1 Å². The zero-order valence-electron chi connectivity index (χ0n) is 11.2. The average Bonchev–Trinajstić information content (AvgIpc) is 2.77. The summed E-state index contributed by atoms with van der Waals surface area (Å²) in [6.45, 7) is 9.33. The molecule has 0 unspecified atom stereocenters. The molecule has 0 radical (unpaired) electrons. The van der Waals surface area contributed by atoms with Crippen LogP contribution in [-0.4, -0.2) is 0 Å². The van der Waals surface area contributed by atoms with Gasteiger partial charge in [-0.25, -0.2) is 0 Å². The minimum absolute atomic E-state index is 0.426. The fraction of sp³-hybridized carbons (Fsp3) is 0.600. The van der Waals surface area contributed by atoms with Crippen LogP contribution in [0.3, 0.4) is 0 Å². The first-order chi connectivity index (χ1) is 8.35. The number of hydrogen-bond donors (Lipinski definition) is 0. The summed E-state index contributed by atoms with van der Waals surface area (Å²) in [5, 5.41) is 0. The molecule has 0 nitrogen and oxygen atoms in total. The Hall–Kier alpha value is 0.400. The summed E-state index contributed by atoms with van der Waals surface area (Å²) in [7, 11) is 0. The molecule has 3 rings (SSSR count). The minimum Gasteiger partial charge on any atom is -0.144 e. The molecular formula is C15H18Br2S. The average molecular weight is 390 g/mol. The van der Waals surface area contributed by atoms with E-state index in [2.05, 4.69) is 59.6 Å². The van der Waals surface area contributed by atoms with Crippen molar-refractivity contribution in [1.29, 1.82) is 0 Å². The summed E-state index contributed by atoms with van der Waals surface area (Å²) in [6, 6.07) is 0. The summed E-state index contributed by atoms with van der Waals surface area (Å²) in [5.74, 6) is 1.45. The van der Waals surface area contributed by atoms with E-state index < -0.39 is 0 Å². The molecule has 1 saturated carbocycles. The molecule has 2 aliphatic rings. The Labute approximate surface area is 130 Å². The van der Waals surface area contributed by atoms with Crippen LogP contribution in [0.1, 0.15) is 42.0 Å². The van der Waals surface area contributed by atoms with Crippen LogP contribution in [0.2, 0.25) is 0 Å². The van der Waals surface area contributed by atoms with Gasteiger partial charge >= 0.3 is 0 Å². The highest BCUT2D eigenvalue weighted by atomic mass is 79.9. The van der Waals surface area contributed by atoms with Crippen LogP contribution in [0.25, 0.3) is 5.57 Å². The highest BCUT2D eigenvalue weighted by Gasteiger charge is 2.53. The molecule has 2 atom stereocenters. The van der Waals surface area contributed by atoms with Crippen molar-refractivity contribution in [2.45, 2.75) is 40.5 Å². The monoisotopic (exact) mass is 388 g/mol. The molecule has 1 aromatic heterocycles. The molecule has 2 aliphatic carbocycles. The largest absolute Gasteiger partial charge is 0.144 e. The molecule has 1 aromatic rings. The van der Waals surface area contributed by atoms with Crippen LogP contribution >= 0.6 is 43.2 Å². The van der Waals surface area contributed by atoms with E-state index in [1.807, 2.05) is 11.3 Å². The van der Waals surface area contributed by atoms with Crippen molar-refractivity contribution in [3.8, 4) is 0 Å². The first-order valence-electron chi connectivity index (χ1n) is 6.51. The van der Waals surface area contributed by atoms with Gasteiger partial charge < -0.3 is 0 Å². The maximum Gasteiger partial charge on any atom is 0.0389 e. The van der Waals surface area contributed by atoms with Gasteiger partial charge in [0, 0.05) is 24.3 Å². The van der Waals surface area contributed by atoms with Crippen molar-refractivity contribution < 1.29 is 0 Å². The molecular weight excluding hydrogens is 372 g/mol. The first-order valence-corrected chi connectivity index (χ1v) is 8.91. The van der Waals surface area contributed by atoms with Crippen molar-refractivity contribution in [3.63, 3.8) is 0 Å². The zero-order valence-corrected chi connectivity index (χ0v) is 15.2. The lowest BCUT2D eigenvalue weighted by Crippen LogP contribution is -2.19. The van der Waals surface area contributed by atoms with Crippen LogP contribution in [0.15, 0.2) is 8.96 Å². The lowest BCUT2D eigenvalue weighted by atomic mass is 9.78. The Morgan fingerprint density at radius 3 is 2.11 bits per heavy atom. The minimum atomic E-state index is 0.426. The number of thiophene rings is 1. The number of fused-ring (bicyclic) bond motifs is 2. The lowest BCUT2D eigenvalue weighted by molar-refractivity contribution is 0.281. The fourth-order valence-electron chi connectivity index (χ4n) is 3.90. The van der Waals surface area contributed by atoms with E-state index in [1.54, 1.807) is 5.57 Å². The second-order valence-electron chi connectivity index (χ2n) is 6.17.